The van der Waals surface area contributed by atoms with Gasteiger partial charge in [0.1, 0.15) is 0 Å². The molecule has 0 amide bonds. The van der Waals surface area contributed by atoms with Gasteiger partial charge in [-0.05, 0) is 123 Å². The normalized spacial score (nSPS) is 12.8. The van der Waals surface area contributed by atoms with Crippen molar-refractivity contribution in [3.8, 4) is 11.1 Å². The number of rotatable bonds is 8. The van der Waals surface area contributed by atoms with E-state index in [1.165, 1.54) is 60.6 Å². The summed E-state index contributed by atoms with van der Waals surface area (Å²) in [5, 5.41) is 5.01. The Kier molecular flexibility index (Phi) is 8.76. The largest absolute Gasteiger partial charge is 0.311 e. The van der Waals surface area contributed by atoms with Crippen LogP contribution in [0.1, 0.15) is 41.7 Å². The lowest BCUT2D eigenvalue weighted by atomic mass is 9.81. The minimum absolute atomic E-state index is 0.186. The summed E-state index contributed by atoms with van der Waals surface area (Å²) >= 11 is 0. The van der Waals surface area contributed by atoms with Crippen molar-refractivity contribution >= 4 is 67.8 Å². The highest BCUT2D eigenvalue weighted by Crippen LogP contribution is 2.52. The molecule has 0 heterocycles. The number of para-hydroxylation sites is 2. The maximum atomic E-state index is 2.45. The van der Waals surface area contributed by atoms with E-state index >= 15 is 0 Å². The van der Waals surface area contributed by atoms with Crippen molar-refractivity contribution in [2.75, 3.05) is 9.80 Å². The zero-order valence-electron chi connectivity index (χ0n) is 33.1. The van der Waals surface area contributed by atoms with Gasteiger partial charge in [-0.2, -0.15) is 0 Å². The Morgan fingerprint density at radius 2 is 0.862 bits per heavy atom. The van der Waals surface area contributed by atoms with E-state index in [1.54, 1.807) is 0 Å². The van der Waals surface area contributed by atoms with Crippen molar-refractivity contribution in [2.45, 2.75) is 26.2 Å². The van der Waals surface area contributed by atoms with Crippen LogP contribution in [0.4, 0.5) is 34.1 Å². The molecule has 0 aromatic heterocycles. The fraction of sp³-hybridized carbons (Fsp3) is 0.0714. The van der Waals surface area contributed by atoms with Crippen LogP contribution >= 0.6 is 0 Å². The third kappa shape index (κ3) is 6.24. The molecule has 0 N–H and O–H groups in total. The lowest BCUT2D eigenvalue weighted by Gasteiger charge is -2.29. The number of fused-ring (bicyclic) bond motifs is 6. The maximum absolute atomic E-state index is 2.45. The molecule has 0 saturated heterocycles. The molecule has 1 aliphatic rings. The van der Waals surface area contributed by atoms with Crippen LogP contribution in [0, 0.1) is 6.92 Å². The first kappa shape index (κ1) is 35.3. The summed E-state index contributed by atoms with van der Waals surface area (Å²) in [7, 11) is 0. The first-order chi connectivity index (χ1) is 28.4. The Balaban J connectivity index is 0.986. The van der Waals surface area contributed by atoms with Gasteiger partial charge < -0.3 is 9.80 Å². The van der Waals surface area contributed by atoms with Crippen molar-refractivity contribution in [3.05, 3.63) is 228 Å². The van der Waals surface area contributed by atoms with Gasteiger partial charge in [0, 0.05) is 39.2 Å². The van der Waals surface area contributed by atoms with E-state index in [2.05, 4.69) is 243 Å². The lowest BCUT2D eigenvalue weighted by molar-refractivity contribution is 0.660. The molecule has 2 heteroatoms. The number of aryl methyl sites for hydroxylation is 1. The fourth-order valence-corrected chi connectivity index (χ4v) is 8.85. The fourth-order valence-electron chi connectivity index (χ4n) is 8.85. The Morgan fingerprint density at radius 3 is 1.55 bits per heavy atom. The monoisotopic (exact) mass is 744 g/mol. The van der Waals surface area contributed by atoms with Gasteiger partial charge in [0.05, 0.1) is 5.69 Å². The van der Waals surface area contributed by atoms with Crippen LogP contribution in [-0.4, -0.2) is 0 Å². The molecule has 0 spiro atoms. The Morgan fingerprint density at radius 1 is 0.379 bits per heavy atom. The van der Waals surface area contributed by atoms with Gasteiger partial charge in [-0.25, -0.2) is 0 Å². The van der Waals surface area contributed by atoms with Gasteiger partial charge in [-0.1, -0.05) is 165 Å². The minimum atomic E-state index is -0.186. The second-order valence-electron chi connectivity index (χ2n) is 15.9. The highest BCUT2D eigenvalue weighted by Gasteiger charge is 2.36. The van der Waals surface area contributed by atoms with Crippen LogP contribution in [0.3, 0.4) is 0 Å². The molecule has 0 atom stereocenters. The smallest absolute Gasteiger partial charge is 0.0546 e. The summed E-state index contributed by atoms with van der Waals surface area (Å²) in [6, 6.07) is 72.8. The Hall–Kier alpha value is -7.16. The topological polar surface area (TPSA) is 6.48 Å². The van der Waals surface area contributed by atoms with Gasteiger partial charge in [0.2, 0.25) is 0 Å². The van der Waals surface area contributed by atoms with Crippen molar-refractivity contribution in [1.29, 1.82) is 0 Å². The molecule has 0 aliphatic heterocycles. The van der Waals surface area contributed by atoms with Crippen molar-refractivity contribution in [3.63, 3.8) is 0 Å². The highest BCUT2D eigenvalue weighted by atomic mass is 15.1. The lowest BCUT2D eigenvalue weighted by Crippen LogP contribution is -2.17. The Labute approximate surface area is 341 Å². The van der Waals surface area contributed by atoms with Gasteiger partial charge in [-0.15, -0.1) is 0 Å². The molecule has 58 heavy (non-hydrogen) atoms. The van der Waals surface area contributed by atoms with E-state index in [9.17, 15) is 0 Å². The van der Waals surface area contributed by atoms with Gasteiger partial charge in [0.25, 0.3) is 0 Å². The van der Waals surface area contributed by atoms with Gasteiger partial charge >= 0.3 is 0 Å². The first-order valence-corrected chi connectivity index (χ1v) is 20.2. The quantitative estimate of drug-likeness (QED) is 0.113. The van der Waals surface area contributed by atoms with Crippen LogP contribution < -0.4 is 9.80 Å². The zero-order chi connectivity index (χ0) is 39.2. The number of anilines is 6. The van der Waals surface area contributed by atoms with Gasteiger partial charge in [0.15, 0.2) is 0 Å². The molecule has 0 saturated carbocycles. The van der Waals surface area contributed by atoms with Crippen LogP contribution in [0.25, 0.3) is 44.8 Å². The predicted molar refractivity (Wildman–Crippen MR) is 248 cm³/mol. The average Bonchev–Trinajstić information content (AvgIpc) is 3.49. The molecule has 9 aromatic carbocycles. The van der Waals surface area contributed by atoms with E-state index in [0.717, 1.165) is 34.0 Å². The summed E-state index contributed by atoms with van der Waals surface area (Å²) in [6.07, 6.45) is 4.47. The summed E-state index contributed by atoms with van der Waals surface area (Å²) in [4.78, 5) is 4.75. The van der Waals surface area contributed by atoms with E-state index in [4.69, 9.17) is 0 Å². The molecule has 0 bridgehead atoms. The van der Waals surface area contributed by atoms with Crippen LogP contribution in [0.2, 0.25) is 0 Å². The molecule has 0 fully saturated rings. The van der Waals surface area contributed by atoms with Crippen LogP contribution in [-0.2, 0) is 5.41 Å². The molecule has 9 aromatic rings. The zero-order valence-corrected chi connectivity index (χ0v) is 33.1. The number of nitrogens with zero attached hydrogens (tertiary/aromatic N) is 2. The summed E-state index contributed by atoms with van der Waals surface area (Å²) < 4.78 is 0. The second kappa shape index (κ2) is 14.4. The van der Waals surface area contributed by atoms with E-state index in [0.29, 0.717) is 0 Å². The van der Waals surface area contributed by atoms with Crippen LogP contribution in [0.5, 0.6) is 0 Å². The predicted octanol–water partition coefficient (Wildman–Crippen LogP) is 15.7. The van der Waals surface area contributed by atoms with E-state index < -0.39 is 0 Å². The van der Waals surface area contributed by atoms with Crippen molar-refractivity contribution < 1.29 is 0 Å². The minimum Gasteiger partial charge on any atom is -0.311 e. The average molecular weight is 745 g/mol. The standard InChI is InChI=1S/C56H44N2/c1-39-22-29-46(30-23-39)58(55-37-42-14-10-11-19-48(42)49-20-12-13-21-52(49)55)47-33-35-51-50-34-28-41(36-53(50)56(2,3)54(51)38-47)25-24-40-26-31-45(32-27-40)57(43-15-6-4-7-16-43)44-17-8-5-9-18-44/h4-38H,1-3H3/b25-24+. The summed E-state index contributed by atoms with van der Waals surface area (Å²) in [5.74, 6) is 0. The van der Waals surface area contributed by atoms with E-state index in [-0.39, 0.29) is 5.41 Å². The highest BCUT2D eigenvalue weighted by molar-refractivity contribution is 6.14. The molecule has 0 radical (unpaired) electrons. The SMILES string of the molecule is Cc1ccc(N(c2ccc3c(c2)C(C)(C)c2cc(/C=C/c4ccc(N(c5ccccc5)c5ccccc5)cc4)ccc2-3)c2cc3ccccc3c3ccccc23)cc1. The molecular weight excluding hydrogens is 701 g/mol. The van der Waals surface area contributed by atoms with Crippen molar-refractivity contribution in [1.82, 2.24) is 0 Å². The number of benzene rings is 9. The third-order valence-electron chi connectivity index (χ3n) is 11.9. The number of hydrogen-bond donors (Lipinski definition) is 0. The molecule has 10 rings (SSSR count). The molecule has 278 valence electrons. The number of hydrogen-bond acceptors (Lipinski definition) is 2. The maximum Gasteiger partial charge on any atom is 0.0546 e. The van der Waals surface area contributed by atoms with Gasteiger partial charge in [-0.3, -0.25) is 0 Å². The Bertz CT molecular complexity index is 2920. The third-order valence-corrected chi connectivity index (χ3v) is 11.9. The van der Waals surface area contributed by atoms with Crippen LogP contribution in [0.15, 0.2) is 200 Å². The van der Waals surface area contributed by atoms with Crippen molar-refractivity contribution in [2.24, 2.45) is 0 Å². The summed E-state index contributed by atoms with van der Waals surface area (Å²) in [5.41, 5.74) is 15.6. The molecule has 0 unspecified atom stereocenters. The molecule has 2 nitrogen and oxygen atoms in total. The first-order valence-electron chi connectivity index (χ1n) is 20.2. The molecule has 1 aliphatic carbocycles. The van der Waals surface area contributed by atoms with E-state index in [1.807, 2.05) is 0 Å². The second-order valence-corrected chi connectivity index (χ2v) is 15.9. The molecular formula is C56H44N2. The summed E-state index contributed by atoms with van der Waals surface area (Å²) in [6.45, 7) is 6.90.